The first kappa shape index (κ1) is 30.0. The van der Waals surface area contributed by atoms with Gasteiger partial charge < -0.3 is 9.47 Å². The van der Waals surface area contributed by atoms with Crippen LogP contribution in [0.4, 0.5) is 4.39 Å². The summed E-state index contributed by atoms with van der Waals surface area (Å²) in [6, 6.07) is 13.3. The van der Waals surface area contributed by atoms with Gasteiger partial charge in [0, 0.05) is 30.1 Å². The van der Waals surface area contributed by atoms with Gasteiger partial charge in [0.2, 0.25) is 0 Å². The molecule has 6 heteroatoms. The summed E-state index contributed by atoms with van der Waals surface area (Å²) < 4.78 is 25.4. The Kier molecular flexibility index (Phi) is 13.2. The molecule has 208 valence electrons. The molecule has 39 heavy (non-hydrogen) atoms. The van der Waals surface area contributed by atoms with Crippen molar-refractivity contribution in [3.63, 3.8) is 0 Å². The lowest BCUT2D eigenvalue weighted by atomic mass is 10.0. The number of aryl methyl sites for hydroxylation is 1. The molecule has 5 nitrogen and oxygen atoms in total. The molecule has 0 aliphatic heterocycles. The number of benzene rings is 2. The van der Waals surface area contributed by atoms with E-state index in [9.17, 15) is 9.18 Å². The van der Waals surface area contributed by atoms with Crippen molar-refractivity contribution in [2.45, 2.75) is 77.6 Å². The number of hydrogen-bond acceptors (Lipinski definition) is 5. The van der Waals surface area contributed by atoms with Crippen LogP contribution in [0.5, 0.6) is 5.75 Å². The third-order valence-electron chi connectivity index (χ3n) is 6.66. The number of esters is 1. The fourth-order valence-corrected chi connectivity index (χ4v) is 4.34. The maximum absolute atomic E-state index is 14.8. The molecule has 0 N–H and O–H groups in total. The van der Waals surface area contributed by atoms with Crippen molar-refractivity contribution in [2.75, 3.05) is 13.2 Å². The maximum atomic E-state index is 14.8. The summed E-state index contributed by atoms with van der Waals surface area (Å²) in [5.74, 6) is 0.0191. The van der Waals surface area contributed by atoms with Gasteiger partial charge in [0.15, 0.2) is 5.82 Å². The van der Waals surface area contributed by atoms with E-state index in [1.54, 1.807) is 24.5 Å². The minimum atomic E-state index is -0.414. The normalized spacial score (nSPS) is 10.8. The topological polar surface area (TPSA) is 61.3 Å². The Morgan fingerprint density at radius 3 is 2.21 bits per heavy atom. The molecule has 0 atom stereocenters. The van der Waals surface area contributed by atoms with Crippen LogP contribution in [0.2, 0.25) is 0 Å². The van der Waals surface area contributed by atoms with Crippen LogP contribution in [0, 0.1) is 5.82 Å². The monoisotopic (exact) mass is 532 g/mol. The second-order valence-corrected chi connectivity index (χ2v) is 9.79. The van der Waals surface area contributed by atoms with Gasteiger partial charge in [0.1, 0.15) is 11.6 Å². The lowest BCUT2D eigenvalue weighted by Crippen LogP contribution is -2.02. The lowest BCUT2D eigenvalue weighted by Gasteiger charge is -2.09. The Bertz CT molecular complexity index is 1150. The summed E-state index contributed by atoms with van der Waals surface area (Å²) in [6.07, 6.45) is 17.1. The summed E-state index contributed by atoms with van der Waals surface area (Å²) in [6.45, 7) is 6.50. The highest BCUT2D eigenvalue weighted by atomic mass is 19.1. The molecule has 1 aromatic heterocycles. The number of nitrogens with zero attached hydrogens (tertiary/aromatic N) is 2. The van der Waals surface area contributed by atoms with E-state index in [2.05, 4.69) is 47.7 Å². The summed E-state index contributed by atoms with van der Waals surface area (Å²) in [5, 5.41) is 0. The van der Waals surface area contributed by atoms with Crippen molar-refractivity contribution < 1.29 is 18.7 Å². The Morgan fingerprint density at radius 1 is 0.846 bits per heavy atom. The van der Waals surface area contributed by atoms with Gasteiger partial charge in [-0.2, -0.15) is 0 Å². The highest BCUT2D eigenvalue weighted by molar-refractivity contribution is 5.81. The van der Waals surface area contributed by atoms with Crippen molar-refractivity contribution in [2.24, 2.45) is 0 Å². The third kappa shape index (κ3) is 10.6. The Balaban J connectivity index is 1.43. The van der Waals surface area contributed by atoms with Crippen LogP contribution in [0.15, 0.2) is 67.5 Å². The molecule has 0 saturated carbocycles. The van der Waals surface area contributed by atoms with Gasteiger partial charge in [-0.25, -0.2) is 19.2 Å². The number of aromatic nitrogens is 2. The Hall–Kier alpha value is -3.54. The van der Waals surface area contributed by atoms with Crippen LogP contribution >= 0.6 is 0 Å². The molecule has 0 aliphatic carbocycles. The van der Waals surface area contributed by atoms with Gasteiger partial charge in [0.05, 0.1) is 18.8 Å². The fraction of sp³-hybridized carbons (Fsp3) is 0.424. The summed E-state index contributed by atoms with van der Waals surface area (Å²) in [5.41, 5.74) is 3.65. The molecule has 0 amide bonds. The van der Waals surface area contributed by atoms with Crippen LogP contribution < -0.4 is 4.74 Å². The maximum Gasteiger partial charge on any atom is 0.330 e. The van der Waals surface area contributed by atoms with Crippen LogP contribution in [-0.4, -0.2) is 29.2 Å². The SMILES string of the molecule is C=CC(=O)OCCCCCCOc1ccc(-c2ncc(-c3ccc(CCCCCCCC)cc3)cn2)c(F)c1. The molecule has 1 heterocycles. The number of ether oxygens (including phenoxy) is 2. The molecule has 0 bridgehead atoms. The van der Waals surface area contributed by atoms with Crippen molar-refractivity contribution in [3.8, 4) is 28.3 Å². The number of carbonyl (C=O) groups is 1. The molecule has 0 spiro atoms. The Labute approximate surface area is 232 Å². The number of unbranched alkanes of at least 4 members (excludes halogenated alkanes) is 8. The fourth-order valence-electron chi connectivity index (χ4n) is 4.34. The zero-order chi connectivity index (χ0) is 27.7. The lowest BCUT2D eigenvalue weighted by molar-refractivity contribution is -0.137. The van der Waals surface area contributed by atoms with Crippen LogP contribution in [0.25, 0.3) is 22.5 Å². The quantitative estimate of drug-likeness (QED) is 0.0933. The minimum Gasteiger partial charge on any atom is -0.493 e. The van der Waals surface area contributed by atoms with E-state index in [1.807, 2.05) is 0 Å². The first-order valence-corrected chi connectivity index (χ1v) is 14.2. The van der Waals surface area contributed by atoms with Crippen molar-refractivity contribution in [1.82, 2.24) is 9.97 Å². The van der Waals surface area contributed by atoms with Crippen molar-refractivity contribution in [3.05, 3.63) is 78.9 Å². The number of halogens is 1. The Morgan fingerprint density at radius 2 is 1.51 bits per heavy atom. The first-order chi connectivity index (χ1) is 19.1. The largest absolute Gasteiger partial charge is 0.493 e. The van der Waals surface area contributed by atoms with Crippen LogP contribution in [0.1, 0.15) is 76.7 Å². The first-order valence-electron chi connectivity index (χ1n) is 14.2. The van der Waals surface area contributed by atoms with Gasteiger partial charge in [-0.3, -0.25) is 0 Å². The van der Waals surface area contributed by atoms with Crippen LogP contribution in [0.3, 0.4) is 0 Å². The zero-order valence-electron chi connectivity index (χ0n) is 23.2. The zero-order valence-corrected chi connectivity index (χ0v) is 23.2. The van der Waals surface area contributed by atoms with Gasteiger partial charge in [-0.15, -0.1) is 0 Å². The molecule has 0 radical (unpaired) electrons. The average molecular weight is 533 g/mol. The highest BCUT2D eigenvalue weighted by Gasteiger charge is 2.10. The molecular formula is C33H41FN2O3. The summed E-state index contributed by atoms with van der Waals surface area (Å²) in [7, 11) is 0. The average Bonchev–Trinajstić information content (AvgIpc) is 2.96. The second kappa shape index (κ2) is 17.1. The van der Waals surface area contributed by atoms with Gasteiger partial charge >= 0.3 is 5.97 Å². The molecular weight excluding hydrogens is 491 g/mol. The summed E-state index contributed by atoms with van der Waals surface area (Å²) >= 11 is 0. The van der Waals surface area contributed by atoms with Crippen molar-refractivity contribution in [1.29, 1.82) is 0 Å². The van der Waals surface area contributed by atoms with E-state index in [1.165, 1.54) is 50.2 Å². The molecule has 0 unspecified atom stereocenters. The molecule has 0 saturated heterocycles. The molecule has 2 aromatic carbocycles. The molecule has 0 aliphatic rings. The molecule has 3 aromatic rings. The van der Waals surface area contributed by atoms with E-state index in [4.69, 9.17) is 9.47 Å². The molecule has 3 rings (SSSR count). The molecule has 0 fully saturated rings. The smallest absolute Gasteiger partial charge is 0.330 e. The van der Waals surface area contributed by atoms with Gasteiger partial charge in [-0.1, -0.05) is 69.9 Å². The van der Waals surface area contributed by atoms with E-state index in [0.717, 1.165) is 49.3 Å². The highest BCUT2D eigenvalue weighted by Crippen LogP contribution is 2.26. The van der Waals surface area contributed by atoms with Crippen LogP contribution in [-0.2, 0) is 16.0 Å². The van der Waals surface area contributed by atoms with Gasteiger partial charge in [-0.05, 0) is 61.8 Å². The minimum absolute atomic E-state index is 0.345. The predicted molar refractivity (Wildman–Crippen MR) is 155 cm³/mol. The standard InChI is InChI=1S/C33H41FN2O3/c1-3-5-6-7-8-11-14-26-15-17-27(18-16-26)28-24-35-33(36-25-28)30-20-19-29(23-31(30)34)38-21-12-9-10-13-22-39-32(37)4-2/h4,15-20,23-25H,2-3,5-14,21-22H2,1H3. The van der Waals surface area contributed by atoms with Gasteiger partial charge in [0.25, 0.3) is 0 Å². The number of carbonyl (C=O) groups excluding carboxylic acids is 1. The predicted octanol–water partition coefficient (Wildman–Crippen LogP) is 8.52. The van der Waals surface area contributed by atoms with E-state index < -0.39 is 11.8 Å². The van der Waals surface area contributed by atoms with E-state index >= 15 is 0 Å². The summed E-state index contributed by atoms with van der Waals surface area (Å²) in [4.78, 5) is 19.8. The van der Waals surface area contributed by atoms with E-state index in [0.29, 0.717) is 30.4 Å². The number of hydrogen-bond donors (Lipinski definition) is 0. The number of rotatable bonds is 18. The van der Waals surface area contributed by atoms with E-state index in [-0.39, 0.29) is 0 Å². The second-order valence-electron chi connectivity index (χ2n) is 9.79. The van der Waals surface area contributed by atoms with Crippen molar-refractivity contribution >= 4 is 5.97 Å². The third-order valence-corrected chi connectivity index (χ3v) is 6.66.